The minimum absolute atomic E-state index is 0.894. The molecule has 0 aromatic heterocycles. The van der Waals surface area contributed by atoms with Gasteiger partial charge < -0.3 is 4.74 Å². The molecule has 0 aliphatic rings. The van der Waals surface area contributed by atoms with E-state index < -0.39 is 7.26 Å². The molecule has 160 valence electrons. The molecule has 33 heavy (non-hydrogen) atoms. The number of hydrogen-bond acceptors (Lipinski definition) is 1. The summed E-state index contributed by atoms with van der Waals surface area (Å²) in [6.07, 6.45) is 0. The summed E-state index contributed by atoms with van der Waals surface area (Å²) >= 11 is 0. The van der Waals surface area contributed by atoms with E-state index in [4.69, 9.17) is 4.74 Å². The standard InChI is InChI=1S/C31H26OP/c1-32-29-23-14-24-30(31(29)25-15-6-2-7-16-25)33(26-17-8-3-9-18-26,27-19-10-4-11-20-27)28-21-12-5-13-22-28/h2-24H,1H3/q+1. The van der Waals surface area contributed by atoms with Crippen molar-refractivity contribution in [2.24, 2.45) is 0 Å². The molecule has 5 aromatic carbocycles. The van der Waals surface area contributed by atoms with Gasteiger partial charge in [-0.25, -0.2) is 0 Å². The first-order chi connectivity index (χ1) is 16.4. The molecule has 0 unspecified atom stereocenters. The van der Waals surface area contributed by atoms with Crippen LogP contribution in [0.1, 0.15) is 0 Å². The molecule has 0 aliphatic carbocycles. The van der Waals surface area contributed by atoms with Crippen molar-refractivity contribution in [2.75, 3.05) is 7.11 Å². The van der Waals surface area contributed by atoms with Crippen molar-refractivity contribution in [3.63, 3.8) is 0 Å². The predicted octanol–water partition coefficient (Wildman–Crippen LogP) is 5.98. The van der Waals surface area contributed by atoms with Gasteiger partial charge in [-0.2, -0.15) is 0 Å². The van der Waals surface area contributed by atoms with Crippen molar-refractivity contribution in [2.45, 2.75) is 0 Å². The number of benzene rings is 5. The van der Waals surface area contributed by atoms with E-state index in [9.17, 15) is 0 Å². The average Bonchev–Trinajstić information content (AvgIpc) is 2.91. The maximum atomic E-state index is 5.96. The minimum Gasteiger partial charge on any atom is -0.496 e. The first kappa shape index (κ1) is 21.2. The van der Waals surface area contributed by atoms with Gasteiger partial charge in [0.2, 0.25) is 0 Å². The Balaban J connectivity index is 1.98. The van der Waals surface area contributed by atoms with Crippen molar-refractivity contribution in [1.82, 2.24) is 0 Å². The van der Waals surface area contributed by atoms with Gasteiger partial charge in [-0.15, -0.1) is 0 Å². The Kier molecular flexibility index (Phi) is 6.07. The Morgan fingerprint density at radius 2 is 0.879 bits per heavy atom. The monoisotopic (exact) mass is 445 g/mol. The summed E-state index contributed by atoms with van der Waals surface area (Å²) in [6.45, 7) is 0. The van der Waals surface area contributed by atoms with Gasteiger partial charge in [0, 0.05) is 0 Å². The zero-order valence-electron chi connectivity index (χ0n) is 18.6. The third-order valence-corrected chi connectivity index (χ3v) is 10.4. The summed E-state index contributed by atoms with van der Waals surface area (Å²) in [5.41, 5.74) is 2.32. The summed E-state index contributed by atoms with van der Waals surface area (Å²) in [6, 6.07) is 50.0. The molecule has 1 nitrogen and oxygen atoms in total. The molecule has 2 heteroatoms. The predicted molar refractivity (Wildman–Crippen MR) is 143 cm³/mol. The first-order valence-electron chi connectivity index (χ1n) is 11.1. The van der Waals surface area contributed by atoms with E-state index in [1.54, 1.807) is 7.11 Å². The Hall–Kier alpha value is -3.67. The highest BCUT2D eigenvalue weighted by Gasteiger charge is 2.49. The van der Waals surface area contributed by atoms with Crippen LogP contribution in [0.3, 0.4) is 0 Å². The zero-order valence-corrected chi connectivity index (χ0v) is 19.5. The van der Waals surface area contributed by atoms with Gasteiger partial charge in [0.05, 0.1) is 12.7 Å². The number of rotatable bonds is 6. The van der Waals surface area contributed by atoms with E-state index in [0.717, 1.165) is 16.9 Å². The summed E-state index contributed by atoms with van der Waals surface area (Å²) in [5, 5.41) is 5.28. The highest BCUT2D eigenvalue weighted by atomic mass is 31.2. The number of methoxy groups -OCH3 is 1. The van der Waals surface area contributed by atoms with Crippen molar-refractivity contribution < 1.29 is 4.74 Å². The summed E-state index contributed by atoms with van der Waals surface area (Å²) < 4.78 is 5.96. The summed E-state index contributed by atoms with van der Waals surface area (Å²) in [5.74, 6) is 0.894. The highest BCUT2D eigenvalue weighted by Crippen LogP contribution is 2.57. The summed E-state index contributed by atoms with van der Waals surface area (Å²) in [4.78, 5) is 0. The van der Waals surface area contributed by atoms with Gasteiger partial charge in [-0.05, 0) is 54.1 Å². The highest BCUT2D eigenvalue weighted by molar-refractivity contribution is 8.01. The molecule has 0 saturated carbocycles. The molecule has 0 atom stereocenters. The van der Waals surface area contributed by atoms with E-state index in [1.807, 2.05) is 0 Å². The van der Waals surface area contributed by atoms with E-state index in [2.05, 4.69) is 140 Å². The van der Waals surface area contributed by atoms with Gasteiger partial charge in [-0.1, -0.05) is 91.0 Å². The second kappa shape index (κ2) is 9.45. The fourth-order valence-electron chi connectivity index (χ4n) is 4.68. The molecule has 0 saturated heterocycles. The van der Waals surface area contributed by atoms with Crippen LogP contribution in [0.5, 0.6) is 5.75 Å². The quantitative estimate of drug-likeness (QED) is 0.292. The Morgan fingerprint density at radius 3 is 1.30 bits per heavy atom. The van der Waals surface area contributed by atoms with Crippen LogP contribution in [0.25, 0.3) is 11.1 Å². The maximum Gasteiger partial charge on any atom is 0.145 e. The van der Waals surface area contributed by atoms with Crippen molar-refractivity contribution in [3.8, 4) is 16.9 Å². The normalized spacial score (nSPS) is 11.2. The first-order valence-corrected chi connectivity index (χ1v) is 12.9. The van der Waals surface area contributed by atoms with E-state index in [-0.39, 0.29) is 0 Å². The van der Waals surface area contributed by atoms with Crippen molar-refractivity contribution >= 4 is 28.5 Å². The van der Waals surface area contributed by atoms with E-state index in [0.29, 0.717) is 0 Å². The number of hydrogen-bond donors (Lipinski definition) is 0. The van der Waals surface area contributed by atoms with Gasteiger partial charge in [-0.3, -0.25) is 0 Å². The second-order valence-corrected chi connectivity index (χ2v) is 11.3. The maximum absolute atomic E-state index is 5.96. The molecule has 0 bridgehead atoms. The Morgan fingerprint density at radius 1 is 0.455 bits per heavy atom. The van der Waals surface area contributed by atoms with Crippen LogP contribution >= 0.6 is 7.26 Å². The smallest absolute Gasteiger partial charge is 0.145 e. The lowest BCUT2D eigenvalue weighted by Crippen LogP contribution is -2.39. The van der Waals surface area contributed by atoms with Crippen molar-refractivity contribution in [1.29, 1.82) is 0 Å². The van der Waals surface area contributed by atoms with E-state index >= 15 is 0 Å². The molecule has 0 heterocycles. The number of ether oxygens (including phenoxy) is 1. The summed E-state index contributed by atoms with van der Waals surface area (Å²) in [7, 11) is -0.466. The Labute approximate surface area is 196 Å². The molecule has 0 fully saturated rings. The minimum atomic E-state index is -2.23. The lowest BCUT2D eigenvalue weighted by atomic mass is 10.0. The van der Waals surface area contributed by atoms with Crippen LogP contribution in [-0.4, -0.2) is 7.11 Å². The zero-order chi connectivity index (χ0) is 22.5. The van der Waals surface area contributed by atoms with Gasteiger partial charge in [0.1, 0.15) is 34.2 Å². The van der Waals surface area contributed by atoms with Crippen LogP contribution in [0.2, 0.25) is 0 Å². The SMILES string of the molecule is COc1cccc([P+](c2ccccc2)(c2ccccc2)c2ccccc2)c1-c1ccccc1. The van der Waals surface area contributed by atoms with E-state index in [1.165, 1.54) is 21.2 Å². The van der Waals surface area contributed by atoms with Crippen LogP contribution < -0.4 is 26.0 Å². The molecule has 5 rings (SSSR count). The van der Waals surface area contributed by atoms with Gasteiger partial charge >= 0.3 is 0 Å². The molecule has 0 N–H and O–H groups in total. The molecular formula is C31H26OP+. The topological polar surface area (TPSA) is 9.23 Å². The molecule has 5 aromatic rings. The third kappa shape index (κ3) is 3.75. The van der Waals surface area contributed by atoms with Crippen LogP contribution in [-0.2, 0) is 0 Å². The molecule has 0 radical (unpaired) electrons. The Bertz CT molecular complexity index is 1220. The van der Waals surface area contributed by atoms with Crippen LogP contribution in [0.4, 0.5) is 0 Å². The average molecular weight is 446 g/mol. The van der Waals surface area contributed by atoms with Crippen molar-refractivity contribution in [3.05, 3.63) is 140 Å². The molecular weight excluding hydrogens is 419 g/mol. The van der Waals surface area contributed by atoms with Crippen LogP contribution in [0, 0.1) is 0 Å². The van der Waals surface area contributed by atoms with Gasteiger partial charge in [0.15, 0.2) is 0 Å². The third-order valence-electron chi connectivity index (χ3n) is 6.08. The fraction of sp³-hybridized carbons (Fsp3) is 0.0323. The second-order valence-electron chi connectivity index (χ2n) is 7.90. The fourth-order valence-corrected chi connectivity index (χ4v) is 9.15. The molecule has 0 aliphatic heterocycles. The molecule has 0 spiro atoms. The van der Waals surface area contributed by atoms with Crippen LogP contribution in [0.15, 0.2) is 140 Å². The lowest BCUT2D eigenvalue weighted by molar-refractivity contribution is 0.417. The lowest BCUT2D eigenvalue weighted by Gasteiger charge is -2.30. The van der Waals surface area contributed by atoms with Gasteiger partial charge in [0.25, 0.3) is 0 Å². The largest absolute Gasteiger partial charge is 0.496 e. The molecule has 0 amide bonds.